The van der Waals surface area contributed by atoms with Crippen molar-refractivity contribution in [3.05, 3.63) is 99.4 Å². The van der Waals surface area contributed by atoms with E-state index in [1.54, 1.807) is 0 Å². The van der Waals surface area contributed by atoms with Crippen molar-refractivity contribution >= 4 is 17.2 Å². The molecule has 0 bridgehead atoms. The molecule has 2 aromatic carbocycles. The zero-order valence-corrected chi connectivity index (χ0v) is 17.3. The molecule has 4 nitrogen and oxygen atoms in total. The number of hydrogen-bond donors (Lipinski definition) is 0. The average molecular weight is 403 g/mol. The highest BCUT2D eigenvalue weighted by Crippen LogP contribution is 2.26. The predicted molar refractivity (Wildman–Crippen MR) is 116 cm³/mol. The van der Waals surface area contributed by atoms with Crippen molar-refractivity contribution < 1.29 is 9.32 Å². The van der Waals surface area contributed by atoms with Gasteiger partial charge in [0.25, 0.3) is 5.91 Å². The zero-order chi connectivity index (χ0) is 20.2. The van der Waals surface area contributed by atoms with E-state index in [2.05, 4.69) is 31.1 Å². The number of thiophene rings is 1. The minimum Gasteiger partial charge on any atom is -0.356 e. The largest absolute Gasteiger partial charge is 0.356 e. The van der Waals surface area contributed by atoms with Crippen molar-refractivity contribution in [2.24, 2.45) is 0 Å². The molecule has 0 spiro atoms. The topological polar surface area (TPSA) is 46.3 Å². The molecule has 0 saturated carbocycles. The number of hydrogen-bond acceptors (Lipinski definition) is 4. The molecule has 5 heteroatoms. The van der Waals surface area contributed by atoms with Gasteiger partial charge in [-0.05, 0) is 36.4 Å². The van der Waals surface area contributed by atoms with E-state index in [0.717, 1.165) is 33.0 Å². The number of carbonyl (C=O) groups is 1. The number of benzene rings is 2. The molecule has 4 aromatic rings. The summed E-state index contributed by atoms with van der Waals surface area (Å²) in [7, 11) is 0. The Hall–Kier alpha value is -3.18. The first-order valence-electron chi connectivity index (χ1n) is 9.50. The van der Waals surface area contributed by atoms with Gasteiger partial charge in [0.15, 0.2) is 5.76 Å². The van der Waals surface area contributed by atoms with Gasteiger partial charge in [-0.3, -0.25) is 4.79 Å². The fourth-order valence-electron chi connectivity index (χ4n) is 3.36. The third-order valence-corrected chi connectivity index (χ3v) is 5.65. The average Bonchev–Trinajstić information content (AvgIpc) is 3.40. The van der Waals surface area contributed by atoms with Crippen LogP contribution in [0, 0.1) is 13.8 Å². The van der Waals surface area contributed by atoms with Gasteiger partial charge in [0.05, 0.1) is 11.4 Å². The molecule has 2 aromatic heterocycles. The number of carbonyl (C=O) groups excluding carboxylic acids is 1. The van der Waals surface area contributed by atoms with E-state index in [0.29, 0.717) is 13.1 Å². The normalized spacial score (nSPS) is 10.8. The van der Waals surface area contributed by atoms with Crippen LogP contribution < -0.4 is 0 Å². The Morgan fingerprint density at radius 3 is 2.55 bits per heavy atom. The monoisotopic (exact) mass is 402 g/mol. The van der Waals surface area contributed by atoms with Gasteiger partial charge in [0.2, 0.25) is 0 Å². The van der Waals surface area contributed by atoms with Gasteiger partial charge >= 0.3 is 0 Å². The Morgan fingerprint density at radius 2 is 1.83 bits per heavy atom. The second-order valence-corrected chi connectivity index (χ2v) is 8.07. The summed E-state index contributed by atoms with van der Waals surface area (Å²) in [6, 6.07) is 21.9. The Kier molecular flexibility index (Phi) is 5.58. The Morgan fingerprint density at radius 1 is 1.00 bits per heavy atom. The molecule has 29 heavy (non-hydrogen) atoms. The maximum atomic E-state index is 13.1. The van der Waals surface area contributed by atoms with E-state index in [1.807, 2.05) is 64.9 Å². The molecule has 0 aliphatic heterocycles. The molecule has 146 valence electrons. The second kappa shape index (κ2) is 8.45. The molecule has 1 amide bonds. The minimum absolute atomic E-state index is 0.0000745. The summed E-state index contributed by atoms with van der Waals surface area (Å²) in [5.74, 6) is 0.723. The van der Waals surface area contributed by atoms with Crippen LogP contribution in [0.1, 0.15) is 32.1 Å². The fraction of sp³-hybridized carbons (Fsp3) is 0.167. The van der Waals surface area contributed by atoms with Crippen LogP contribution in [-0.2, 0) is 13.1 Å². The molecule has 0 atom stereocenters. The molecule has 0 aliphatic carbocycles. The summed E-state index contributed by atoms with van der Waals surface area (Å²) < 4.78 is 5.61. The lowest BCUT2D eigenvalue weighted by molar-refractivity contribution is 0.0731. The number of amides is 1. The lowest BCUT2D eigenvalue weighted by Gasteiger charge is -2.21. The van der Waals surface area contributed by atoms with Crippen LogP contribution in [0.25, 0.3) is 11.3 Å². The quantitative estimate of drug-likeness (QED) is 0.406. The lowest BCUT2D eigenvalue weighted by atomic mass is 10.0. The van der Waals surface area contributed by atoms with Gasteiger partial charge in [-0.2, -0.15) is 0 Å². The smallest absolute Gasteiger partial charge is 0.264 e. The molecular formula is C24H22N2O2S. The van der Waals surface area contributed by atoms with Gasteiger partial charge in [-0.15, -0.1) is 11.3 Å². The number of aromatic nitrogens is 1. The number of nitrogens with zero attached hydrogens (tertiary/aromatic N) is 2. The summed E-state index contributed by atoms with van der Waals surface area (Å²) in [5.41, 5.74) is 5.19. The first-order valence-corrected chi connectivity index (χ1v) is 10.4. The highest BCUT2D eigenvalue weighted by molar-refractivity contribution is 7.12. The maximum absolute atomic E-state index is 13.1. The summed E-state index contributed by atoms with van der Waals surface area (Å²) >= 11 is 1.45. The first-order chi connectivity index (χ1) is 14.1. The van der Waals surface area contributed by atoms with Crippen LogP contribution >= 0.6 is 11.3 Å². The third kappa shape index (κ3) is 4.46. The van der Waals surface area contributed by atoms with Crippen LogP contribution in [0.4, 0.5) is 0 Å². The summed E-state index contributed by atoms with van der Waals surface area (Å²) in [4.78, 5) is 15.6. The maximum Gasteiger partial charge on any atom is 0.264 e. The molecule has 2 heterocycles. The lowest BCUT2D eigenvalue weighted by Crippen LogP contribution is -2.29. The third-order valence-electron chi connectivity index (χ3n) is 4.79. The second-order valence-electron chi connectivity index (χ2n) is 7.12. The molecule has 0 fully saturated rings. The molecule has 0 aliphatic rings. The van der Waals surface area contributed by atoms with Crippen LogP contribution in [0.15, 0.2) is 76.6 Å². The molecule has 4 rings (SSSR count). The molecule has 0 unspecified atom stereocenters. The SMILES string of the molecule is Cc1ccc(-c2cc(CN(Cc3ccccc3)C(=O)c3cccs3)no2)c(C)c1. The van der Waals surface area contributed by atoms with Crippen molar-refractivity contribution in [3.63, 3.8) is 0 Å². The van der Waals surface area contributed by atoms with Gasteiger partial charge in [-0.25, -0.2) is 0 Å². The fourth-order valence-corrected chi connectivity index (χ4v) is 4.05. The van der Waals surface area contributed by atoms with Crippen LogP contribution in [0.2, 0.25) is 0 Å². The van der Waals surface area contributed by atoms with Gasteiger partial charge in [0, 0.05) is 18.2 Å². The minimum atomic E-state index is -0.0000745. The Balaban J connectivity index is 1.59. The van der Waals surface area contributed by atoms with E-state index in [-0.39, 0.29) is 5.91 Å². The van der Waals surface area contributed by atoms with Crippen LogP contribution in [0.3, 0.4) is 0 Å². The first kappa shape index (κ1) is 19.2. The predicted octanol–water partition coefficient (Wildman–Crippen LogP) is 5.86. The van der Waals surface area contributed by atoms with E-state index in [1.165, 1.54) is 16.9 Å². The molecular weight excluding hydrogens is 380 g/mol. The summed E-state index contributed by atoms with van der Waals surface area (Å²) in [5, 5.41) is 6.15. The van der Waals surface area contributed by atoms with Crippen molar-refractivity contribution in [3.8, 4) is 11.3 Å². The standard InChI is InChI=1S/C24H22N2O2S/c1-17-10-11-21(18(2)13-17)22-14-20(25-28-22)16-26(15-19-7-4-3-5-8-19)24(27)23-9-6-12-29-23/h3-14H,15-16H2,1-2H3. The van der Waals surface area contributed by atoms with Crippen molar-refractivity contribution in [1.82, 2.24) is 10.1 Å². The highest BCUT2D eigenvalue weighted by Gasteiger charge is 2.20. The van der Waals surface area contributed by atoms with E-state index >= 15 is 0 Å². The highest BCUT2D eigenvalue weighted by atomic mass is 32.1. The van der Waals surface area contributed by atoms with E-state index in [4.69, 9.17) is 4.52 Å². The van der Waals surface area contributed by atoms with Gasteiger partial charge in [-0.1, -0.05) is 65.3 Å². The van der Waals surface area contributed by atoms with Crippen LogP contribution in [-0.4, -0.2) is 16.0 Å². The van der Waals surface area contributed by atoms with Crippen molar-refractivity contribution in [2.75, 3.05) is 0 Å². The Labute approximate surface area is 174 Å². The number of rotatable bonds is 6. The summed E-state index contributed by atoms with van der Waals surface area (Å²) in [6.07, 6.45) is 0. The summed E-state index contributed by atoms with van der Waals surface area (Å²) in [6.45, 7) is 5.04. The van der Waals surface area contributed by atoms with Gasteiger partial charge < -0.3 is 9.42 Å². The molecule has 0 N–H and O–H groups in total. The molecule has 0 saturated heterocycles. The van der Waals surface area contributed by atoms with Crippen molar-refractivity contribution in [2.45, 2.75) is 26.9 Å². The Bertz CT molecular complexity index is 1100. The zero-order valence-electron chi connectivity index (χ0n) is 16.5. The van der Waals surface area contributed by atoms with Crippen molar-refractivity contribution in [1.29, 1.82) is 0 Å². The van der Waals surface area contributed by atoms with Gasteiger partial charge in [0.1, 0.15) is 5.69 Å². The van der Waals surface area contributed by atoms with Crippen LogP contribution in [0.5, 0.6) is 0 Å². The van der Waals surface area contributed by atoms with E-state index in [9.17, 15) is 4.79 Å². The number of aryl methyl sites for hydroxylation is 2. The molecule has 0 radical (unpaired) electrons. The van der Waals surface area contributed by atoms with E-state index < -0.39 is 0 Å².